The van der Waals surface area contributed by atoms with Crippen LogP contribution in [-0.2, 0) is 9.84 Å². The maximum atomic E-state index is 11.0. The van der Waals surface area contributed by atoms with Crippen molar-refractivity contribution >= 4 is 21.4 Å². The standard InChI is InChI=1S/C8H11ClN2O2S/c1-14(12,13)5-7(10)6-2-3-8(9)11-4-6/h2-4,7H,5,10H2,1H3/t7-/m1/s1. The smallest absolute Gasteiger partial charge is 0.149 e. The Hall–Kier alpha value is -0.650. The van der Waals surface area contributed by atoms with Crippen LogP contribution in [0.3, 0.4) is 0 Å². The third-order valence-corrected chi connectivity index (χ3v) is 2.85. The quantitative estimate of drug-likeness (QED) is 0.785. The maximum Gasteiger partial charge on any atom is 0.149 e. The van der Waals surface area contributed by atoms with Crippen LogP contribution in [0.1, 0.15) is 11.6 Å². The van der Waals surface area contributed by atoms with Gasteiger partial charge in [0.25, 0.3) is 0 Å². The fourth-order valence-electron chi connectivity index (χ4n) is 1.03. The molecule has 1 aromatic heterocycles. The minimum absolute atomic E-state index is 0.0870. The van der Waals surface area contributed by atoms with Crippen molar-refractivity contribution in [3.05, 3.63) is 29.0 Å². The minimum Gasteiger partial charge on any atom is -0.323 e. The molecule has 0 aliphatic heterocycles. The van der Waals surface area contributed by atoms with Gasteiger partial charge >= 0.3 is 0 Å². The molecule has 0 aromatic carbocycles. The highest BCUT2D eigenvalue weighted by molar-refractivity contribution is 7.90. The van der Waals surface area contributed by atoms with E-state index in [4.69, 9.17) is 17.3 Å². The number of nitrogens with zero attached hydrogens (tertiary/aromatic N) is 1. The van der Waals surface area contributed by atoms with Crippen LogP contribution in [0.2, 0.25) is 5.15 Å². The van der Waals surface area contributed by atoms with E-state index in [0.29, 0.717) is 10.7 Å². The lowest BCUT2D eigenvalue weighted by atomic mass is 10.2. The number of hydrogen-bond acceptors (Lipinski definition) is 4. The summed E-state index contributed by atoms with van der Waals surface area (Å²) in [5.74, 6) is -0.0870. The van der Waals surface area contributed by atoms with Crippen LogP contribution in [0.15, 0.2) is 18.3 Å². The molecule has 0 saturated heterocycles. The Morgan fingerprint density at radius 1 is 1.57 bits per heavy atom. The first-order valence-corrected chi connectivity index (χ1v) is 6.37. The molecule has 0 aliphatic carbocycles. The average molecular weight is 235 g/mol. The normalized spacial score (nSPS) is 13.9. The third kappa shape index (κ3) is 3.61. The molecule has 2 N–H and O–H groups in total. The number of nitrogens with two attached hydrogens (primary N) is 1. The first kappa shape index (κ1) is 11.4. The Balaban J connectivity index is 2.80. The fourth-order valence-corrected chi connectivity index (χ4v) is 1.99. The molecule has 1 rings (SSSR count). The largest absolute Gasteiger partial charge is 0.323 e. The number of pyridine rings is 1. The van der Waals surface area contributed by atoms with Gasteiger partial charge in [-0.05, 0) is 11.6 Å². The number of hydrogen-bond donors (Lipinski definition) is 1. The van der Waals surface area contributed by atoms with Gasteiger partial charge in [-0.3, -0.25) is 0 Å². The number of rotatable bonds is 3. The van der Waals surface area contributed by atoms with E-state index in [2.05, 4.69) is 4.98 Å². The van der Waals surface area contributed by atoms with Gasteiger partial charge in [-0.1, -0.05) is 17.7 Å². The molecule has 0 bridgehead atoms. The molecule has 0 unspecified atom stereocenters. The van der Waals surface area contributed by atoms with Gasteiger partial charge in [0.05, 0.1) is 5.75 Å². The molecule has 0 amide bonds. The van der Waals surface area contributed by atoms with Gasteiger partial charge in [0.15, 0.2) is 0 Å². The molecule has 0 spiro atoms. The predicted molar refractivity (Wildman–Crippen MR) is 55.9 cm³/mol. The van der Waals surface area contributed by atoms with Crippen molar-refractivity contribution < 1.29 is 8.42 Å². The van der Waals surface area contributed by atoms with E-state index in [1.807, 2.05) is 0 Å². The van der Waals surface area contributed by atoms with Gasteiger partial charge in [-0.25, -0.2) is 13.4 Å². The summed E-state index contributed by atoms with van der Waals surface area (Å²) < 4.78 is 21.9. The van der Waals surface area contributed by atoms with Crippen LogP contribution in [0.4, 0.5) is 0 Å². The molecule has 78 valence electrons. The van der Waals surface area contributed by atoms with Crippen LogP contribution >= 0.6 is 11.6 Å². The summed E-state index contributed by atoms with van der Waals surface area (Å²) in [5, 5.41) is 0.361. The zero-order valence-corrected chi connectivity index (χ0v) is 9.22. The summed E-state index contributed by atoms with van der Waals surface area (Å²) in [7, 11) is -3.07. The van der Waals surface area contributed by atoms with Gasteiger partial charge in [0.1, 0.15) is 15.0 Å². The second-order valence-electron chi connectivity index (χ2n) is 3.11. The summed E-state index contributed by atoms with van der Waals surface area (Å²) in [6, 6.07) is 2.71. The Bertz CT molecular complexity index is 402. The lowest BCUT2D eigenvalue weighted by Crippen LogP contribution is -2.20. The molecule has 0 fully saturated rings. The van der Waals surface area contributed by atoms with Gasteiger partial charge in [-0.2, -0.15) is 0 Å². The number of halogens is 1. The van der Waals surface area contributed by atoms with Crippen molar-refractivity contribution in [2.45, 2.75) is 6.04 Å². The monoisotopic (exact) mass is 234 g/mol. The van der Waals surface area contributed by atoms with Crippen molar-refractivity contribution in [2.24, 2.45) is 5.73 Å². The van der Waals surface area contributed by atoms with Crippen molar-refractivity contribution in [1.82, 2.24) is 4.98 Å². The summed E-state index contributed by atoms with van der Waals surface area (Å²) in [6.45, 7) is 0. The minimum atomic E-state index is -3.07. The van der Waals surface area contributed by atoms with Gasteiger partial charge < -0.3 is 5.73 Å². The molecule has 0 saturated carbocycles. The van der Waals surface area contributed by atoms with Gasteiger partial charge in [0, 0.05) is 18.5 Å². The zero-order chi connectivity index (χ0) is 10.8. The first-order chi connectivity index (χ1) is 6.38. The molecule has 1 aromatic rings. The van der Waals surface area contributed by atoms with Crippen LogP contribution in [-0.4, -0.2) is 25.4 Å². The van der Waals surface area contributed by atoms with Crippen LogP contribution < -0.4 is 5.73 Å². The third-order valence-electron chi connectivity index (χ3n) is 1.66. The number of aromatic nitrogens is 1. The van der Waals surface area contributed by atoms with Crippen LogP contribution in [0, 0.1) is 0 Å². The molecular formula is C8H11ClN2O2S. The molecule has 6 heteroatoms. The highest BCUT2D eigenvalue weighted by Gasteiger charge is 2.12. The van der Waals surface area contributed by atoms with E-state index in [1.165, 1.54) is 6.20 Å². The van der Waals surface area contributed by atoms with Crippen LogP contribution in [0.25, 0.3) is 0 Å². The Morgan fingerprint density at radius 2 is 2.21 bits per heavy atom. The van der Waals surface area contributed by atoms with E-state index in [9.17, 15) is 8.42 Å². The van der Waals surface area contributed by atoms with Crippen molar-refractivity contribution in [3.63, 3.8) is 0 Å². The van der Waals surface area contributed by atoms with Gasteiger partial charge in [0.2, 0.25) is 0 Å². The molecule has 0 aliphatic rings. The molecule has 0 radical (unpaired) electrons. The Morgan fingerprint density at radius 3 is 2.64 bits per heavy atom. The maximum absolute atomic E-state index is 11.0. The highest BCUT2D eigenvalue weighted by Crippen LogP contribution is 2.13. The van der Waals surface area contributed by atoms with E-state index in [1.54, 1.807) is 12.1 Å². The molecular weight excluding hydrogens is 224 g/mol. The lowest BCUT2D eigenvalue weighted by molar-refractivity contribution is 0.594. The molecule has 1 heterocycles. The van der Waals surface area contributed by atoms with Gasteiger partial charge in [-0.15, -0.1) is 0 Å². The summed E-state index contributed by atoms with van der Waals surface area (Å²) in [6.07, 6.45) is 2.63. The highest BCUT2D eigenvalue weighted by atomic mass is 35.5. The van der Waals surface area contributed by atoms with E-state index in [-0.39, 0.29) is 5.75 Å². The summed E-state index contributed by atoms with van der Waals surface area (Å²) in [4.78, 5) is 3.82. The second-order valence-corrected chi connectivity index (χ2v) is 5.69. The number of sulfone groups is 1. The van der Waals surface area contributed by atoms with E-state index >= 15 is 0 Å². The topological polar surface area (TPSA) is 73.0 Å². The molecule has 14 heavy (non-hydrogen) atoms. The summed E-state index contributed by atoms with van der Waals surface area (Å²) in [5.41, 5.74) is 6.34. The van der Waals surface area contributed by atoms with Crippen molar-refractivity contribution in [1.29, 1.82) is 0 Å². The van der Waals surface area contributed by atoms with E-state index in [0.717, 1.165) is 6.26 Å². The first-order valence-electron chi connectivity index (χ1n) is 3.93. The molecule has 4 nitrogen and oxygen atoms in total. The van der Waals surface area contributed by atoms with E-state index < -0.39 is 15.9 Å². The van der Waals surface area contributed by atoms with Crippen molar-refractivity contribution in [3.8, 4) is 0 Å². The van der Waals surface area contributed by atoms with Crippen molar-refractivity contribution in [2.75, 3.05) is 12.0 Å². The second kappa shape index (κ2) is 4.25. The zero-order valence-electron chi connectivity index (χ0n) is 7.64. The predicted octanol–water partition coefficient (Wildman–Crippen LogP) is 0.779. The lowest BCUT2D eigenvalue weighted by Gasteiger charge is -2.09. The fraction of sp³-hybridized carbons (Fsp3) is 0.375. The Kier molecular flexibility index (Phi) is 3.47. The average Bonchev–Trinajstić information content (AvgIpc) is 2.02. The Labute approximate surface area is 88.0 Å². The molecule has 1 atom stereocenters. The van der Waals surface area contributed by atoms with Crippen LogP contribution in [0.5, 0.6) is 0 Å². The summed E-state index contributed by atoms with van der Waals surface area (Å²) >= 11 is 5.58. The SMILES string of the molecule is CS(=O)(=O)C[C@@H](N)c1ccc(Cl)nc1.